The SMILES string of the molecule is CCc1cc(-c2ccc(F)c(F)c2)ccc1C1=C(O)C(C)(CC)OC(C)(C)C1=O. The summed E-state index contributed by atoms with van der Waals surface area (Å²) in [7, 11) is 0. The first-order valence-corrected chi connectivity index (χ1v) is 9.81. The van der Waals surface area contributed by atoms with Crippen molar-refractivity contribution in [1.29, 1.82) is 0 Å². The summed E-state index contributed by atoms with van der Waals surface area (Å²) in [5, 5.41) is 11.0. The van der Waals surface area contributed by atoms with Crippen molar-refractivity contribution in [2.45, 2.75) is 58.7 Å². The van der Waals surface area contributed by atoms with Gasteiger partial charge in [0, 0.05) is 0 Å². The average Bonchev–Trinajstić information content (AvgIpc) is 2.68. The molecule has 2 aromatic rings. The zero-order valence-electron chi connectivity index (χ0n) is 17.4. The van der Waals surface area contributed by atoms with Crippen molar-refractivity contribution in [2.24, 2.45) is 0 Å². The van der Waals surface area contributed by atoms with Gasteiger partial charge in [-0.1, -0.05) is 38.1 Å². The standard InChI is InChI=1S/C24H26F2O3/c1-6-14-12-15(16-9-11-18(25)19(26)13-16)8-10-17(14)20-21(27)23(3,4)29-24(5,7-2)22(20)28/h8-13,28H,6-7H2,1-5H3. The molecule has 0 saturated carbocycles. The number of carbonyl (C=O) groups excluding carboxylic acids is 1. The highest BCUT2D eigenvalue weighted by molar-refractivity contribution is 6.26. The molecule has 29 heavy (non-hydrogen) atoms. The normalized spacial score (nSPS) is 21.6. The minimum Gasteiger partial charge on any atom is -0.508 e. The number of aryl methyl sites for hydroxylation is 1. The molecule has 0 bridgehead atoms. The second-order valence-electron chi connectivity index (χ2n) is 8.10. The van der Waals surface area contributed by atoms with Gasteiger partial charge in [-0.15, -0.1) is 0 Å². The number of hydrogen-bond acceptors (Lipinski definition) is 3. The number of aliphatic hydroxyl groups is 1. The van der Waals surface area contributed by atoms with E-state index in [0.29, 0.717) is 29.5 Å². The summed E-state index contributed by atoms with van der Waals surface area (Å²) in [6, 6.07) is 9.12. The van der Waals surface area contributed by atoms with Crippen LogP contribution in [0.1, 0.15) is 52.2 Å². The van der Waals surface area contributed by atoms with Crippen LogP contribution in [0.5, 0.6) is 0 Å². The van der Waals surface area contributed by atoms with Gasteiger partial charge in [-0.05, 0) is 68.0 Å². The summed E-state index contributed by atoms with van der Waals surface area (Å²) in [6.45, 7) is 9.03. The molecule has 0 aliphatic carbocycles. The highest BCUT2D eigenvalue weighted by Gasteiger charge is 2.48. The number of benzene rings is 2. The molecule has 0 spiro atoms. The summed E-state index contributed by atoms with van der Waals surface area (Å²) < 4.78 is 32.9. The molecule has 5 heteroatoms. The Labute approximate surface area is 170 Å². The van der Waals surface area contributed by atoms with Crippen LogP contribution in [0.25, 0.3) is 16.7 Å². The molecule has 3 nitrogen and oxygen atoms in total. The van der Waals surface area contributed by atoms with Crippen LogP contribution in [0.4, 0.5) is 8.78 Å². The van der Waals surface area contributed by atoms with Crippen LogP contribution in [0, 0.1) is 11.6 Å². The summed E-state index contributed by atoms with van der Waals surface area (Å²) in [4.78, 5) is 13.1. The fraction of sp³-hybridized carbons (Fsp3) is 0.375. The van der Waals surface area contributed by atoms with Gasteiger partial charge in [0.2, 0.25) is 0 Å². The molecule has 1 aliphatic rings. The molecule has 1 unspecified atom stereocenters. The fourth-order valence-electron chi connectivity index (χ4n) is 3.81. The van der Waals surface area contributed by atoms with E-state index >= 15 is 0 Å². The van der Waals surface area contributed by atoms with Crippen molar-refractivity contribution >= 4 is 11.4 Å². The van der Waals surface area contributed by atoms with E-state index < -0.39 is 22.8 Å². The lowest BCUT2D eigenvalue weighted by molar-refractivity contribution is -0.162. The van der Waals surface area contributed by atoms with Crippen LogP contribution in [0.2, 0.25) is 0 Å². The molecule has 0 radical (unpaired) electrons. The fourth-order valence-corrected chi connectivity index (χ4v) is 3.81. The number of halogens is 2. The molecule has 0 fully saturated rings. The molecule has 1 aliphatic heterocycles. The molecule has 0 amide bonds. The molecule has 0 aromatic heterocycles. The van der Waals surface area contributed by atoms with Crippen molar-refractivity contribution in [3.63, 3.8) is 0 Å². The van der Waals surface area contributed by atoms with E-state index in [4.69, 9.17) is 4.74 Å². The predicted molar refractivity (Wildman–Crippen MR) is 110 cm³/mol. The van der Waals surface area contributed by atoms with Crippen LogP contribution >= 0.6 is 0 Å². The Morgan fingerprint density at radius 1 is 0.966 bits per heavy atom. The predicted octanol–water partition coefficient (Wildman–Crippen LogP) is 6.01. The Bertz CT molecular complexity index is 1010. The van der Waals surface area contributed by atoms with Crippen LogP contribution in [0.15, 0.2) is 42.2 Å². The molecular weight excluding hydrogens is 374 g/mol. The number of Topliss-reactive ketones (excluding diaryl/α,β-unsaturated/α-hetero) is 1. The minimum absolute atomic E-state index is 0.0698. The maximum Gasteiger partial charge on any atom is 0.198 e. The lowest BCUT2D eigenvalue weighted by atomic mass is 9.79. The third-order valence-electron chi connectivity index (χ3n) is 5.68. The Morgan fingerprint density at radius 3 is 2.17 bits per heavy atom. The first-order valence-electron chi connectivity index (χ1n) is 9.81. The van der Waals surface area contributed by atoms with Crippen LogP contribution in [-0.4, -0.2) is 22.1 Å². The van der Waals surface area contributed by atoms with Crippen molar-refractivity contribution in [2.75, 3.05) is 0 Å². The topological polar surface area (TPSA) is 46.5 Å². The van der Waals surface area contributed by atoms with E-state index in [0.717, 1.165) is 17.7 Å². The van der Waals surface area contributed by atoms with Gasteiger partial charge in [-0.3, -0.25) is 4.79 Å². The maximum atomic E-state index is 13.7. The Balaban J connectivity index is 2.18. The van der Waals surface area contributed by atoms with E-state index in [1.54, 1.807) is 32.9 Å². The van der Waals surface area contributed by atoms with E-state index in [1.165, 1.54) is 6.07 Å². The lowest BCUT2D eigenvalue weighted by Gasteiger charge is -2.42. The maximum absolute atomic E-state index is 13.7. The van der Waals surface area contributed by atoms with Crippen LogP contribution in [-0.2, 0) is 16.0 Å². The molecule has 1 atom stereocenters. The number of aliphatic hydroxyl groups excluding tert-OH is 1. The van der Waals surface area contributed by atoms with Crippen LogP contribution < -0.4 is 0 Å². The van der Waals surface area contributed by atoms with Gasteiger partial charge < -0.3 is 9.84 Å². The lowest BCUT2D eigenvalue weighted by Crippen LogP contribution is -2.50. The second kappa shape index (κ2) is 7.38. The number of hydrogen-bond donors (Lipinski definition) is 1. The molecule has 154 valence electrons. The molecular formula is C24H26F2O3. The van der Waals surface area contributed by atoms with Gasteiger partial charge in [0.15, 0.2) is 17.4 Å². The smallest absolute Gasteiger partial charge is 0.198 e. The molecule has 3 rings (SSSR count). The largest absolute Gasteiger partial charge is 0.508 e. The summed E-state index contributed by atoms with van der Waals surface area (Å²) in [5.74, 6) is -2.16. The van der Waals surface area contributed by atoms with Crippen molar-refractivity contribution in [1.82, 2.24) is 0 Å². The van der Waals surface area contributed by atoms with Gasteiger partial charge in [0.05, 0.1) is 5.57 Å². The molecule has 0 saturated heterocycles. The van der Waals surface area contributed by atoms with E-state index in [2.05, 4.69) is 0 Å². The zero-order chi connectivity index (χ0) is 21.6. The number of ether oxygens (including phenoxy) is 1. The van der Waals surface area contributed by atoms with Crippen molar-refractivity contribution in [3.8, 4) is 11.1 Å². The quantitative estimate of drug-likeness (QED) is 0.684. The minimum atomic E-state index is -1.07. The van der Waals surface area contributed by atoms with E-state index in [-0.39, 0.29) is 17.1 Å². The molecule has 1 heterocycles. The van der Waals surface area contributed by atoms with Crippen molar-refractivity contribution in [3.05, 3.63) is 64.9 Å². The Hall–Kier alpha value is -2.53. The van der Waals surface area contributed by atoms with Crippen molar-refractivity contribution < 1.29 is 23.4 Å². The summed E-state index contributed by atoms with van der Waals surface area (Å²) in [6.07, 6.45) is 1.11. The van der Waals surface area contributed by atoms with Gasteiger partial charge in [-0.2, -0.15) is 0 Å². The number of carbonyl (C=O) groups is 1. The number of rotatable bonds is 4. The van der Waals surface area contributed by atoms with Gasteiger partial charge in [0.25, 0.3) is 0 Å². The summed E-state index contributed by atoms with van der Waals surface area (Å²) in [5.41, 5.74) is 0.948. The first-order chi connectivity index (χ1) is 13.5. The monoisotopic (exact) mass is 400 g/mol. The Morgan fingerprint density at radius 2 is 1.59 bits per heavy atom. The molecule has 1 N–H and O–H groups in total. The van der Waals surface area contributed by atoms with Gasteiger partial charge >= 0.3 is 0 Å². The van der Waals surface area contributed by atoms with Gasteiger partial charge in [0.1, 0.15) is 17.0 Å². The highest BCUT2D eigenvalue weighted by atomic mass is 19.2. The highest BCUT2D eigenvalue weighted by Crippen LogP contribution is 2.43. The first kappa shape index (κ1) is 21.2. The average molecular weight is 400 g/mol. The zero-order valence-corrected chi connectivity index (χ0v) is 17.4. The third kappa shape index (κ3) is 3.60. The Kier molecular flexibility index (Phi) is 5.39. The second-order valence-corrected chi connectivity index (χ2v) is 8.10. The van der Waals surface area contributed by atoms with E-state index in [1.807, 2.05) is 19.9 Å². The molecule has 2 aromatic carbocycles. The van der Waals surface area contributed by atoms with Crippen LogP contribution in [0.3, 0.4) is 0 Å². The third-order valence-corrected chi connectivity index (χ3v) is 5.68. The van der Waals surface area contributed by atoms with E-state index in [9.17, 15) is 18.7 Å². The number of ketones is 1. The van der Waals surface area contributed by atoms with Gasteiger partial charge in [-0.25, -0.2) is 8.78 Å². The summed E-state index contributed by atoms with van der Waals surface area (Å²) >= 11 is 0.